The van der Waals surface area contributed by atoms with E-state index in [2.05, 4.69) is 0 Å². The molecule has 5 heteroatoms. The molecule has 0 fully saturated rings. The Kier molecular flexibility index (Phi) is 4.42. The zero-order valence-electron chi connectivity index (χ0n) is 9.88. The van der Waals surface area contributed by atoms with Gasteiger partial charge in [0.25, 0.3) is 0 Å². The van der Waals surface area contributed by atoms with Crippen LogP contribution in [0.1, 0.15) is 18.9 Å². The third-order valence-corrected chi connectivity index (χ3v) is 3.95. The second-order valence-corrected chi connectivity index (χ2v) is 6.15. The standard InChI is InChI=1S/C12H16O4S/c1-9-3-5-12(6-4-9)17(15,16)8-11(14)7-10(2)13/h3-6,10,13H,7-8H2,1-2H3. The van der Waals surface area contributed by atoms with Gasteiger partial charge in [0, 0.05) is 6.42 Å². The van der Waals surface area contributed by atoms with Crippen LogP contribution in [0, 0.1) is 6.92 Å². The van der Waals surface area contributed by atoms with Gasteiger partial charge in [-0.3, -0.25) is 4.79 Å². The van der Waals surface area contributed by atoms with E-state index in [0.29, 0.717) is 0 Å². The Hall–Kier alpha value is -1.20. The van der Waals surface area contributed by atoms with Crippen LogP contribution in [0.2, 0.25) is 0 Å². The topological polar surface area (TPSA) is 71.4 Å². The number of sulfone groups is 1. The minimum atomic E-state index is -3.58. The number of hydrogen-bond acceptors (Lipinski definition) is 4. The summed E-state index contributed by atoms with van der Waals surface area (Å²) < 4.78 is 23.7. The molecule has 0 heterocycles. The summed E-state index contributed by atoms with van der Waals surface area (Å²) in [6.45, 7) is 3.31. The average molecular weight is 256 g/mol. The highest BCUT2D eigenvalue weighted by Gasteiger charge is 2.19. The Balaban J connectivity index is 2.82. The van der Waals surface area contributed by atoms with Crippen LogP contribution in [0.15, 0.2) is 29.2 Å². The molecule has 1 aromatic carbocycles. The molecule has 0 spiro atoms. The van der Waals surface area contributed by atoms with E-state index in [1.54, 1.807) is 12.1 Å². The lowest BCUT2D eigenvalue weighted by molar-refractivity contribution is -0.118. The van der Waals surface area contributed by atoms with E-state index in [1.165, 1.54) is 19.1 Å². The van der Waals surface area contributed by atoms with Crippen molar-refractivity contribution >= 4 is 15.6 Å². The molecule has 94 valence electrons. The van der Waals surface area contributed by atoms with Crippen molar-refractivity contribution in [2.24, 2.45) is 0 Å². The van der Waals surface area contributed by atoms with Gasteiger partial charge in [-0.05, 0) is 26.0 Å². The summed E-state index contributed by atoms with van der Waals surface area (Å²) in [4.78, 5) is 11.5. The van der Waals surface area contributed by atoms with Crippen LogP contribution in [0.4, 0.5) is 0 Å². The highest BCUT2D eigenvalue weighted by Crippen LogP contribution is 2.13. The molecule has 4 nitrogen and oxygen atoms in total. The van der Waals surface area contributed by atoms with Crippen molar-refractivity contribution in [2.45, 2.75) is 31.3 Å². The Morgan fingerprint density at radius 3 is 2.29 bits per heavy atom. The van der Waals surface area contributed by atoms with Crippen molar-refractivity contribution in [1.29, 1.82) is 0 Å². The van der Waals surface area contributed by atoms with Gasteiger partial charge >= 0.3 is 0 Å². The van der Waals surface area contributed by atoms with Crippen molar-refractivity contribution in [2.75, 3.05) is 5.75 Å². The number of aryl methyl sites for hydroxylation is 1. The van der Waals surface area contributed by atoms with Crippen LogP contribution in [-0.2, 0) is 14.6 Å². The van der Waals surface area contributed by atoms with Gasteiger partial charge < -0.3 is 5.11 Å². The molecule has 0 aliphatic carbocycles. The average Bonchev–Trinajstić information content (AvgIpc) is 2.15. The molecule has 0 amide bonds. The first-order valence-electron chi connectivity index (χ1n) is 5.30. The van der Waals surface area contributed by atoms with Crippen molar-refractivity contribution in [3.8, 4) is 0 Å². The molecule has 1 rings (SSSR count). The molecule has 0 aromatic heterocycles. The minimum Gasteiger partial charge on any atom is -0.393 e. The zero-order chi connectivity index (χ0) is 13.1. The Morgan fingerprint density at radius 2 is 1.82 bits per heavy atom. The number of rotatable bonds is 5. The number of carbonyl (C=O) groups is 1. The SMILES string of the molecule is Cc1ccc(S(=O)(=O)CC(=O)CC(C)O)cc1. The molecule has 1 N–H and O–H groups in total. The smallest absolute Gasteiger partial charge is 0.185 e. The molecule has 1 unspecified atom stereocenters. The molecule has 0 bridgehead atoms. The van der Waals surface area contributed by atoms with Crippen LogP contribution in [-0.4, -0.2) is 31.2 Å². The largest absolute Gasteiger partial charge is 0.393 e. The summed E-state index contributed by atoms with van der Waals surface area (Å²) in [6.07, 6.45) is -0.943. The summed E-state index contributed by atoms with van der Waals surface area (Å²) in [5, 5.41) is 9.01. The zero-order valence-corrected chi connectivity index (χ0v) is 10.7. The van der Waals surface area contributed by atoms with Crippen LogP contribution >= 0.6 is 0 Å². The van der Waals surface area contributed by atoms with Gasteiger partial charge in [-0.25, -0.2) is 8.42 Å². The highest BCUT2D eigenvalue weighted by molar-refractivity contribution is 7.92. The van der Waals surface area contributed by atoms with Gasteiger partial charge in [-0.2, -0.15) is 0 Å². The maximum Gasteiger partial charge on any atom is 0.185 e. The first-order chi connectivity index (χ1) is 7.81. The molecule has 0 saturated heterocycles. The number of benzene rings is 1. The van der Waals surface area contributed by atoms with Crippen LogP contribution in [0.3, 0.4) is 0 Å². The maximum atomic E-state index is 11.8. The number of aliphatic hydroxyl groups excluding tert-OH is 1. The monoisotopic (exact) mass is 256 g/mol. The molecule has 0 saturated carbocycles. The number of ketones is 1. The van der Waals surface area contributed by atoms with E-state index < -0.39 is 27.5 Å². The third-order valence-electron chi connectivity index (χ3n) is 2.25. The first-order valence-corrected chi connectivity index (χ1v) is 6.95. The minimum absolute atomic E-state index is 0.134. The van der Waals surface area contributed by atoms with Gasteiger partial charge in [0.2, 0.25) is 0 Å². The lowest BCUT2D eigenvalue weighted by Gasteiger charge is -2.05. The number of carbonyl (C=O) groups excluding carboxylic acids is 1. The summed E-state index contributed by atoms with van der Waals surface area (Å²) in [5.74, 6) is -1.03. The van der Waals surface area contributed by atoms with E-state index in [0.717, 1.165) is 5.56 Å². The predicted molar refractivity (Wildman–Crippen MR) is 64.5 cm³/mol. The Bertz CT molecular complexity index is 486. The normalized spacial score (nSPS) is 13.4. The predicted octanol–water partition coefficient (Wildman–Crippen LogP) is 1.11. The van der Waals surface area contributed by atoms with Gasteiger partial charge in [-0.15, -0.1) is 0 Å². The van der Waals surface area contributed by atoms with Crippen molar-refractivity contribution in [1.82, 2.24) is 0 Å². The molecule has 0 aliphatic rings. The maximum absolute atomic E-state index is 11.8. The lowest BCUT2D eigenvalue weighted by atomic mass is 10.2. The summed E-state index contributed by atoms with van der Waals surface area (Å²) in [5.41, 5.74) is 0.958. The molecule has 1 aromatic rings. The van der Waals surface area contributed by atoms with Crippen molar-refractivity contribution in [3.63, 3.8) is 0 Å². The molecule has 1 atom stereocenters. The molecule has 0 aliphatic heterocycles. The van der Waals surface area contributed by atoms with Gasteiger partial charge in [0.1, 0.15) is 5.75 Å². The number of aliphatic hydroxyl groups is 1. The molecule has 0 radical (unpaired) electrons. The van der Waals surface area contributed by atoms with E-state index in [-0.39, 0.29) is 11.3 Å². The summed E-state index contributed by atoms with van der Waals surface area (Å²) in [7, 11) is -3.58. The van der Waals surface area contributed by atoms with Gasteiger partial charge in [-0.1, -0.05) is 17.7 Å². The van der Waals surface area contributed by atoms with Crippen LogP contribution in [0.5, 0.6) is 0 Å². The number of hydrogen-bond donors (Lipinski definition) is 1. The summed E-state index contributed by atoms with van der Waals surface area (Å²) >= 11 is 0. The third kappa shape index (κ3) is 4.28. The molecule has 17 heavy (non-hydrogen) atoms. The van der Waals surface area contributed by atoms with Gasteiger partial charge in [0.05, 0.1) is 11.0 Å². The van der Waals surface area contributed by atoms with E-state index in [4.69, 9.17) is 5.11 Å². The first kappa shape index (κ1) is 13.9. The van der Waals surface area contributed by atoms with Crippen LogP contribution in [0.25, 0.3) is 0 Å². The second kappa shape index (κ2) is 5.42. The van der Waals surface area contributed by atoms with Crippen molar-refractivity contribution in [3.05, 3.63) is 29.8 Å². The Morgan fingerprint density at radius 1 is 1.29 bits per heavy atom. The lowest BCUT2D eigenvalue weighted by Crippen LogP contribution is -2.19. The summed E-state index contributed by atoms with van der Waals surface area (Å²) in [6, 6.07) is 6.35. The fourth-order valence-electron chi connectivity index (χ4n) is 1.43. The molecular weight excluding hydrogens is 240 g/mol. The number of Topliss-reactive ketones (excluding diaryl/α,β-unsaturated/α-hetero) is 1. The quantitative estimate of drug-likeness (QED) is 0.856. The van der Waals surface area contributed by atoms with Crippen LogP contribution < -0.4 is 0 Å². The van der Waals surface area contributed by atoms with Crippen molar-refractivity contribution < 1.29 is 18.3 Å². The van der Waals surface area contributed by atoms with E-state index in [1.807, 2.05) is 6.92 Å². The fourth-order valence-corrected chi connectivity index (χ4v) is 2.69. The fraction of sp³-hybridized carbons (Fsp3) is 0.417. The highest BCUT2D eigenvalue weighted by atomic mass is 32.2. The van der Waals surface area contributed by atoms with E-state index in [9.17, 15) is 13.2 Å². The Labute approximate surface area is 101 Å². The van der Waals surface area contributed by atoms with Gasteiger partial charge in [0.15, 0.2) is 15.6 Å². The second-order valence-electron chi connectivity index (χ2n) is 4.16. The van der Waals surface area contributed by atoms with E-state index >= 15 is 0 Å². The molecular formula is C12H16O4S.